The Morgan fingerprint density at radius 3 is 3.00 bits per heavy atom. The molecular weight excluding hydrogens is 300 g/mol. The van der Waals surface area contributed by atoms with Gasteiger partial charge in [0.2, 0.25) is 17.5 Å². The van der Waals surface area contributed by atoms with E-state index in [0.717, 1.165) is 12.8 Å². The minimum atomic E-state index is -0.148. The van der Waals surface area contributed by atoms with Crippen molar-refractivity contribution >= 4 is 5.91 Å². The van der Waals surface area contributed by atoms with E-state index in [0.29, 0.717) is 30.7 Å². The predicted octanol–water partition coefficient (Wildman–Crippen LogP) is 0.499. The highest BCUT2D eigenvalue weighted by Gasteiger charge is 2.42. The maximum Gasteiger partial charge on any atom is 0.293 e. The molecule has 3 atom stereocenters. The Balaban J connectivity index is 1.44. The zero-order valence-corrected chi connectivity index (χ0v) is 13.0. The van der Waals surface area contributed by atoms with Crippen molar-refractivity contribution in [3.63, 3.8) is 0 Å². The average Bonchev–Trinajstić information content (AvgIpc) is 3.24. The summed E-state index contributed by atoms with van der Waals surface area (Å²) in [5.74, 6) is 1.64. The van der Waals surface area contributed by atoms with Gasteiger partial charge in [-0.15, -0.1) is 5.10 Å². The molecule has 9 heteroatoms. The van der Waals surface area contributed by atoms with Crippen LogP contribution >= 0.6 is 0 Å². The lowest BCUT2D eigenvalue weighted by molar-refractivity contribution is -0.00779. The summed E-state index contributed by atoms with van der Waals surface area (Å²) in [5, 5.41) is 8.02. The van der Waals surface area contributed by atoms with Crippen LogP contribution in [0.3, 0.4) is 0 Å². The van der Waals surface area contributed by atoms with Crippen LogP contribution in [0.2, 0.25) is 0 Å². The molecule has 0 N–H and O–H groups in total. The number of aryl methyl sites for hydroxylation is 2. The molecule has 2 aliphatic rings. The average molecular weight is 318 g/mol. The minimum absolute atomic E-state index is 0.000202. The maximum absolute atomic E-state index is 12.4. The van der Waals surface area contributed by atoms with Gasteiger partial charge >= 0.3 is 0 Å². The molecule has 0 bridgehead atoms. The number of nitrogens with zero attached hydrogens (tertiary/aromatic N) is 6. The Labute approximate surface area is 132 Å². The lowest BCUT2D eigenvalue weighted by Gasteiger charge is -2.33. The first-order valence-corrected chi connectivity index (χ1v) is 7.70. The second-order valence-corrected chi connectivity index (χ2v) is 6.11. The van der Waals surface area contributed by atoms with Crippen LogP contribution in [0.4, 0.5) is 0 Å². The molecule has 2 aromatic heterocycles. The van der Waals surface area contributed by atoms with Crippen molar-refractivity contribution in [2.24, 2.45) is 13.0 Å². The van der Waals surface area contributed by atoms with E-state index < -0.39 is 0 Å². The second-order valence-electron chi connectivity index (χ2n) is 6.11. The number of carbonyl (C=O) groups is 1. The number of likely N-dealkylation sites (tertiary alicyclic amines) is 1. The lowest BCUT2D eigenvalue weighted by atomic mass is 9.91. The summed E-state index contributed by atoms with van der Waals surface area (Å²) in [5.41, 5.74) is 0. The summed E-state index contributed by atoms with van der Waals surface area (Å²) in [4.78, 5) is 22.5. The summed E-state index contributed by atoms with van der Waals surface area (Å²) >= 11 is 0. The van der Waals surface area contributed by atoms with Crippen LogP contribution in [-0.4, -0.2) is 54.9 Å². The molecular formula is C14H18N6O3. The van der Waals surface area contributed by atoms with Gasteiger partial charge in [-0.3, -0.25) is 9.48 Å². The molecule has 2 aliphatic heterocycles. The van der Waals surface area contributed by atoms with Crippen molar-refractivity contribution < 1.29 is 14.1 Å². The van der Waals surface area contributed by atoms with E-state index >= 15 is 0 Å². The van der Waals surface area contributed by atoms with Gasteiger partial charge in [-0.05, 0) is 18.8 Å². The van der Waals surface area contributed by atoms with Gasteiger partial charge < -0.3 is 14.2 Å². The van der Waals surface area contributed by atoms with E-state index in [1.165, 1.54) is 11.0 Å². The number of piperidine rings is 1. The van der Waals surface area contributed by atoms with E-state index in [4.69, 9.17) is 9.26 Å². The normalized spacial score (nSPS) is 27.2. The fraction of sp³-hybridized carbons (Fsp3) is 0.643. The van der Waals surface area contributed by atoms with Gasteiger partial charge in [0, 0.05) is 27.1 Å². The maximum atomic E-state index is 12.4. The number of carbonyl (C=O) groups excluding carboxylic acids is 1. The van der Waals surface area contributed by atoms with Gasteiger partial charge in [0.1, 0.15) is 12.4 Å². The smallest absolute Gasteiger partial charge is 0.293 e. The first kappa shape index (κ1) is 14.3. The minimum Gasteiger partial charge on any atom is -0.365 e. The zero-order valence-electron chi connectivity index (χ0n) is 13.0. The standard InChI is InChI=1S/C14H18N6O3/c1-8-16-12(18-23-8)10-5-9-3-4-20(6-11(9)22-10)14(21)13-15-7-19(2)17-13/h7,9-11H,3-6H2,1-2H3/t9-,10+,11+/m0/s1. The molecule has 0 aliphatic carbocycles. The number of aromatic nitrogens is 5. The molecule has 1 amide bonds. The van der Waals surface area contributed by atoms with E-state index in [-0.39, 0.29) is 23.9 Å². The van der Waals surface area contributed by atoms with Crippen molar-refractivity contribution in [1.82, 2.24) is 29.8 Å². The van der Waals surface area contributed by atoms with Crippen LogP contribution in [0.15, 0.2) is 10.9 Å². The molecule has 0 saturated carbocycles. The Kier molecular flexibility index (Phi) is 3.37. The van der Waals surface area contributed by atoms with Crippen LogP contribution in [0, 0.1) is 12.8 Å². The van der Waals surface area contributed by atoms with E-state index in [1.54, 1.807) is 18.9 Å². The van der Waals surface area contributed by atoms with Gasteiger partial charge in [-0.1, -0.05) is 5.16 Å². The third kappa shape index (κ3) is 2.61. The van der Waals surface area contributed by atoms with Crippen molar-refractivity contribution in [1.29, 1.82) is 0 Å². The van der Waals surface area contributed by atoms with Crippen LogP contribution in [0.1, 0.15) is 41.3 Å². The summed E-state index contributed by atoms with van der Waals surface area (Å²) in [6.45, 7) is 3.01. The van der Waals surface area contributed by atoms with Crippen molar-refractivity contribution in [3.8, 4) is 0 Å². The monoisotopic (exact) mass is 318 g/mol. The highest BCUT2D eigenvalue weighted by Crippen LogP contribution is 2.40. The number of rotatable bonds is 2. The molecule has 0 radical (unpaired) electrons. The molecule has 0 unspecified atom stereocenters. The van der Waals surface area contributed by atoms with Gasteiger partial charge in [-0.2, -0.15) is 4.98 Å². The number of hydrogen-bond acceptors (Lipinski definition) is 7. The molecule has 23 heavy (non-hydrogen) atoms. The fourth-order valence-corrected chi connectivity index (χ4v) is 3.31. The van der Waals surface area contributed by atoms with Crippen LogP contribution < -0.4 is 0 Å². The molecule has 2 aromatic rings. The van der Waals surface area contributed by atoms with Gasteiger partial charge in [-0.25, -0.2) is 4.98 Å². The number of fused-ring (bicyclic) bond motifs is 1. The van der Waals surface area contributed by atoms with E-state index in [9.17, 15) is 4.79 Å². The SMILES string of the molecule is Cc1nc([C@H]2C[C@@H]3CCN(C(=O)c4ncn(C)n4)C[C@H]3O2)no1. The fourth-order valence-electron chi connectivity index (χ4n) is 3.31. The summed E-state index contributed by atoms with van der Waals surface area (Å²) in [6.07, 6.45) is 3.15. The molecule has 4 rings (SSSR count). The lowest BCUT2D eigenvalue weighted by Crippen LogP contribution is -2.45. The third-order valence-electron chi connectivity index (χ3n) is 4.46. The first-order valence-electron chi connectivity index (χ1n) is 7.70. The molecule has 122 valence electrons. The van der Waals surface area contributed by atoms with Crippen LogP contribution in [0.25, 0.3) is 0 Å². The Hall–Kier alpha value is -2.29. The highest BCUT2D eigenvalue weighted by atomic mass is 16.5. The first-order chi connectivity index (χ1) is 11.1. The summed E-state index contributed by atoms with van der Waals surface area (Å²) < 4.78 is 12.6. The topological polar surface area (TPSA) is 99.2 Å². The highest BCUT2D eigenvalue weighted by molar-refractivity contribution is 5.90. The molecule has 9 nitrogen and oxygen atoms in total. The van der Waals surface area contributed by atoms with Gasteiger partial charge in [0.05, 0.1) is 6.10 Å². The third-order valence-corrected chi connectivity index (χ3v) is 4.46. The number of amides is 1. The molecule has 0 aromatic carbocycles. The van der Waals surface area contributed by atoms with E-state index in [1.807, 2.05) is 0 Å². The van der Waals surface area contributed by atoms with Crippen molar-refractivity contribution in [2.45, 2.75) is 32.0 Å². The molecule has 4 heterocycles. The predicted molar refractivity (Wildman–Crippen MR) is 76.3 cm³/mol. The van der Waals surface area contributed by atoms with Gasteiger partial charge in [0.25, 0.3) is 5.91 Å². The largest absolute Gasteiger partial charge is 0.365 e. The summed E-state index contributed by atoms with van der Waals surface area (Å²) in [6, 6.07) is 0. The van der Waals surface area contributed by atoms with Crippen molar-refractivity contribution in [3.05, 3.63) is 23.9 Å². The molecule has 2 saturated heterocycles. The Morgan fingerprint density at radius 1 is 1.43 bits per heavy atom. The Morgan fingerprint density at radius 2 is 2.30 bits per heavy atom. The number of hydrogen-bond donors (Lipinski definition) is 0. The Bertz CT molecular complexity index is 726. The number of ether oxygens (including phenoxy) is 1. The second kappa shape index (κ2) is 5.41. The molecule has 2 fully saturated rings. The van der Waals surface area contributed by atoms with E-state index in [2.05, 4.69) is 20.2 Å². The zero-order chi connectivity index (χ0) is 16.0. The summed E-state index contributed by atoms with van der Waals surface area (Å²) in [7, 11) is 1.74. The quantitative estimate of drug-likeness (QED) is 0.795. The van der Waals surface area contributed by atoms with Crippen LogP contribution in [0.5, 0.6) is 0 Å². The van der Waals surface area contributed by atoms with Crippen LogP contribution in [-0.2, 0) is 11.8 Å². The van der Waals surface area contributed by atoms with Gasteiger partial charge in [0.15, 0.2) is 0 Å². The van der Waals surface area contributed by atoms with Crippen molar-refractivity contribution in [2.75, 3.05) is 13.1 Å². The molecule has 0 spiro atoms.